The molecule has 1 unspecified atom stereocenters. The fourth-order valence-electron chi connectivity index (χ4n) is 3.42. The van der Waals surface area contributed by atoms with Crippen molar-refractivity contribution in [1.29, 1.82) is 0 Å². The van der Waals surface area contributed by atoms with Crippen LogP contribution in [0.4, 0.5) is 4.79 Å². The van der Waals surface area contributed by atoms with Crippen LogP contribution in [0.5, 0.6) is 11.5 Å². The van der Waals surface area contributed by atoms with Crippen molar-refractivity contribution in [3.8, 4) is 11.5 Å². The van der Waals surface area contributed by atoms with Gasteiger partial charge in [0.05, 0.1) is 0 Å². The first-order chi connectivity index (χ1) is 13.3. The molecular formula is C21H24N2O3S. The number of hydrogen-bond donors (Lipinski definition) is 1. The van der Waals surface area contributed by atoms with Crippen LogP contribution in [0.1, 0.15) is 22.8 Å². The van der Waals surface area contributed by atoms with E-state index < -0.39 is 0 Å². The molecule has 142 valence electrons. The Bertz CT molecular complexity index is 784. The van der Waals surface area contributed by atoms with Crippen LogP contribution in [0.25, 0.3) is 0 Å². The molecule has 5 nitrogen and oxygen atoms in total. The second-order valence-corrected chi connectivity index (χ2v) is 8.03. The van der Waals surface area contributed by atoms with Crippen molar-refractivity contribution in [2.75, 3.05) is 32.2 Å². The average molecular weight is 385 g/mol. The number of nitrogens with zero attached hydrogens (tertiary/aromatic N) is 1. The summed E-state index contributed by atoms with van der Waals surface area (Å²) in [6.07, 6.45) is 1.80. The van der Waals surface area contributed by atoms with Gasteiger partial charge in [0, 0.05) is 30.6 Å². The molecule has 2 heterocycles. The fraction of sp³-hybridized carbons (Fsp3) is 0.381. The largest absolute Gasteiger partial charge is 0.454 e. The highest BCUT2D eigenvalue weighted by atomic mass is 32.2. The van der Waals surface area contributed by atoms with Crippen LogP contribution in [0.3, 0.4) is 0 Å². The summed E-state index contributed by atoms with van der Waals surface area (Å²) in [6.45, 7) is 2.51. The maximum absolute atomic E-state index is 12.5. The van der Waals surface area contributed by atoms with E-state index in [0.717, 1.165) is 43.2 Å². The molecule has 27 heavy (non-hydrogen) atoms. The first kappa shape index (κ1) is 18.0. The number of hydrogen-bond acceptors (Lipinski definition) is 4. The monoisotopic (exact) mass is 384 g/mol. The molecule has 2 aromatic carbocycles. The highest BCUT2D eigenvalue weighted by Gasteiger charge is 2.23. The van der Waals surface area contributed by atoms with Gasteiger partial charge in [0.25, 0.3) is 0 Å². The Morgan fingerprint density at radius 1 is 1.11 bits per heavy atom. The van der Waals surface area contributed by atoms with E-state index in [4.69, 9.17) is 9.47 Å². The van der Waals surface area contributed by atoms with Crippen LogP contribution < -0.4 is 14.8 Å². The van der Waals surface area contributed by atoms with Crippen LogP contribution in [0.2, 0.25) is 0 Å². The van der Waals surface area contributed by atoms with Gasteiger partial charge < -0.3 is 19.7 Å². The third-order valence-electron chi connectivity index (χ3n) is 4.93. The highest BCUT2D eigenvalue weighted by molar-refractivity contribution is 7.99. The Morgan fingerprint density at radius 2 is 1.96 bits per heavy atom. The topological polar surface area (TPSA) is 50.8 Å². The van der Waals surface area contributed by atoms with Crippen LogP contribution >= 0.6 is 11.8 Å². The minimum atomic E-state index is 0.0397. The Labute approximate surface area is 164 Å². The van der Waals surface area contributed by atoms with Crippen molar-refractivity contribution in [2.24, 2.45) is 0 Å². The SMILES string of the molecule is O=C(NCCc1ccccc1)N1CCSC(c2ccc3c(c2)OCO3)CC1. The summed E-state index contributed by atoms with van der Waals surface area (Å²) in [5.41, 5.74) is 2.49. The van der Waals surface area contributed by atoms with Gasteiger partial charge in [-0.25, -0.2) is 4.79 Å². The molecule has 0 spiro atoms. The van der Waals surface area contributed by atoms with E-state index >= 15 is 0 Å². The summed E-state index contributed by atoms with van der Waals surface area (Å²) >= 11 is 1.91. The van der Waals surface area contributed by atoms with Crippen molar-refractivity contribution in [3.63, 3.8) is 0 Å². The second kappa shape index (κ2) is 8.57. The summed E-state index contributed by atoms with van der Waals surface area (Å²) in [5, 5.41) is 3.43. The van der Waals surface area contributed by atoms with E-state index in [9.17, 15) is 4.79 Å². The van der Waals surface area contributed by atoms with Gasteiger partial charge in [-0.2, -0.15) is 11.8 Å². The number of benzene rings is 2. The van der Waals surface area contributed by atoms with Crippen molar-refractivity contribution >= 4 is 17.8 Å². The quantitative estimate of drug-likeness (QED) is 0.870. The maximum atomic E-state index is 12.5. The van der Waals surface area contributed by atoms with Crippen LogP contribution in [0, 0.1) is 0 Å². The van der Waals surface area contributed by atoms with Gasteiger partial charge in [-0.3, -0.25) is 0 Å². The van der Waals surface area contributed by atoms with Gasteiger partial charge in [-0.1, -0.05) is 36.4 Å². The number of thioether (sulfide) groups is 1. The number of rotatable bonds is 4. The van der Waals surface area contributed by atoms with Gasteiger partial charge >= 0.3 is 6.03 Å². The molecule has 1 saturated heterocycles. The lowest BCUT2D eigenvalue weighted by atomic mass is 10.1. The Balaban J connectivity index is 1.28. The van der Waals surface area contributed by atoms with Gasteiger partial charge in [-0.05, 0) is 36.1 Å². The van der Waals surface area contributed by atoms with Gasteiger partial charge in [0.1, 0.15) is 0 Å². The molecule has 0 radical (unpaired) electrons. The number of urea groups is 1. The third-order valence-corrected chi connectivity index (χ3v) is 6.26. The Hall–Kier alpha value is -2.34. The van der Waals surface area contributed by atoms with Crippen LogP contribution in [-0.4, -0.2) is 43.1 Å². The standard InChI is InChI=1S/C21H24N2O3S/c24-21(22-10-8-16-4-2-1-3-5-16)23-11-9-20(27-13-12-23)17-6-7-18-19(14-17)26-15-25-18/h1-7,14,20H,8-13,15H2,(H,22,24). The molecule has 1 atom stereocenters. The van der Waals surface area contributed by atoms with Gasteiger partial charge in [0.2, 0.25) is 6.79 Å². The lowest BCUT2D eigenvalue weighted by Crippen LogP contribution is -2.41. The van der Waals surface area contributed by atoms with Crippen LogP contribution in [-0.2, 0) is 6.42 Å². The van der Waals surface area contributed by atoms with E-state index in [1.54, 1.807) is 0 Å². The number of carbonyl (C=O) groups excluding carboxylic acids is 1. The molecule has 0 saturated carbocycles. The molecule has 2 amide bonds. The van der Waals surface area contributed by atoms with E-state index in [2.05, 4.69) is 29.6 Å². The zero-order valence-electron chi connectivity index (χ0n) is 15.2. The van der Waals surface area contributed by atoms with E-state index in [0.29, 0.717) is 18.6 Å². The number of carbonyl (C=O) groups is 1. The summed E-state index contributed by atoms with van der Waals surface area (Å²) in [4.78, 5) is 14.4. The molecule has 4 rings (SSSR count). The normalized spacial score (nSPS) is 18.8. The number of amides is 2. The van der Waals surface area contributed by atoms with E-state index in [-0.39, 0.29) is 6.03 Å². The molecule has 0 aromatic heterocycles. The smallest absolute Gasteiger partial charge is 0.317 e. The number of nitrogens with one attached hydrogen (secondary N) is 1. The Morgan fingerprint density at radius 3 is 2.85 bits per heavy atom. The first-order valence-electron chi connectivity index (χ1n) is 9.37. The van der Waals surface area contributed by atoms with Crippen molar-refractivity contribution in [1.82, 2.24) is 10.2 Å². The minimum Gasteiger partial charge on any atom is -0.454 e. The maximum Gasteiger partial charge on any atom is 0.317 e. The average Bonchev–Trinajstić information content (AvgIpc) is 3.03. The highest BCUT2D eigenvalue weighted by Crippen LogP contribution is 2.40. The minimum absolute atomic E-state index is 0.0397. The summed E-state index contributed by atoms with van der Waals surface area (Å²) in [5.74, 6) is 2.58. The zero-order chi connectivity index (χ0) is 18.5. The third kappa shape index (κ3) is 4.50. The summed E-state index contributed by atoms with van der Waals surface area (Å²) in [7, 11) is 0. The lowest BCUT2D eigenvalue weighted by molar-refractivity contribution is 0.174. The fourth-order valence-corrected chi connectivity index (χ4v) is 4.64. The van der Waals surface area contributed by atoms with Crippen molar-refractivity contribution in [3.05, 3.63) is 59.7 Å². The molecule has 2 aliphatic heterocycles. The predicted octanol–water partition coefficient (Wildman–Crippen LogP) is 3.85. The van der Waals surface area contributed by atoms with Crippen molar-refractivity contribution < 1.29 is 14.3 Å². The van der Waals surface area contributed by atoms with E-state index in [1.165, 1.54) is 11.1 Å². The lowest BCUT2D eigenvalue weighted by Gasteiger charge is -2.21. The van der Waals surface area contributed by atoms with Crippen LogP contribution in [0.15, 0.2) is 48.5 Å². The Kier molecular flexibility index (Phi) is 5.72. The number of fused-ring (bicyclic) bond motifs is 1. The zero-order valence-corrected chi connectivity index (χ0v) is 16.0. The van der Waals surface area contributed by atoms with E-state index in [1.807, 2.05) is 40.9 Å². The van der Waals surface area contributed by atoms with Gasteiger partial charge in [-0.15, -0.1) is 0 Å². The molecule has 0 bridgehead atoms. The molecule has 1 fully saturated rings. The van der Waals surface area contributed by atoms with Crippen molar-refractivity contribution in [2.45, 2.75) is 18.1 Å². The molecule has 2 aromatic rings. The predicted molar refractivity (Wildman–Crippen MR) is 107 cm³/mol. The molecule has 0 aliphatic carbocycles. The molecular weight excluding hydrogens is 360 g/mol. The first-order valence-corrected chi connectivity index (χ1v) is 10.4. The summed E-state index contributed by atoms with van der Waals surface area (Å²) < 4.78 is 10.9. The second-order valence-electron chi connectivity index (χ2n) is 6.72. The number of ether oxygens (including phenoxy) is 2. The molecule has 2 aliphatic rings. The summed E-state index contributed by atoms with van der Waals surface area (Å²) in [6, 6.07) is 16.5. The van der Waals surface area contributed by atoms with Gasteiger partial charge in [0.15, 0.2) is 11.5 Å². The molecule has 6 heteroatoms. The molecule has 1 N–H and O–H groups in total.